The smallest absolute Gasteiger partial charge is 0.269 e. The van der Waals surface area contributed by atoms with E-state index >= 15 is 0 Å². The van der Waals surface area contributed by atoms with Crippen LogP contribution in [-0.4, -0.2) is 4.92 Å². The summed E-state index contributed by atoms with van der Waals surface area (Å²) in [7, 11) is 0. The highest BCUT2D eigenvalue weighted by Gasteiger charge is 2.03. The zero-order chi connectivity index (χ0) is 12.3. The Bertz CT molecular complexity index is 523. The topological polar surface area (TPSA) is 55.2 Å². The lowest BCUT2D eigenvalue weighted by Crippen LogP contribution is -1.91. The third kappa shape index (κ3) is 2.78. The SMILES string of the molecule is O=[N+]([O-])c1ccc(Nc2ccc(F)cc2)cc1. The number of nitro benzene ring substituents is 1. The molecular weight excluding hydrogens is 223 g/mol. The summed E-state index contributed by atoms with van der Waals surface area (Å²) in [5.41, 5.74) is 1.47. The van der Waals surface area contributed by atoms with Crippen molar-refractivity contribution < 1.29 is 9.31 Å². The molecule has 0 aliphatic rings. The van der Waals surface area contributed by atoms with Crippen molar-refractivity contribution in [2.45, 2.75) is 0 Å². The second-order valence-electron chi connectivity index (χ2n) is 3.44. The van der Waals surface area contributed by atoms with Crippen molar-refractivity contribution in [1.82, 2.24) is 0 Å². The Kier molecular flexibility index (Phi) is 3.00. The largest absolute Gasteiger partial charge is 0.356 e. The minimum absolute atomic E-state index is 0.0367. The number of benzene rings is 2. The number of hydrogen-bond acceptors (Lipinski definition) is 3. The number of nitrogens with one attached hydrogen (secondary N) is 1. The normalized spacial score (nSPS) is 9.94. The van der Waals surface area contributed by atoms with E-state index in [0.29, 0.717) is 5.69 Å². The monoisotopic (exact) mass is 232 g/mol. The van der Waals surface area contributed by atoms with Gasteiger partial charge in [-0.3, -0.25) is 10.1 Å². The molecule has 0 saturated heterocycles. The van der Waals surface area contributed by atoms with E-state index in [1.54, 1.807) is 24.3 Å². The van der Waals surface area contributed by atoms with E-state index in [1.807, 2.05) is 0 Å². The van der Waals surface area contributed by atoms with Gasteiger partial charge in [0, 0.05) is 23.5 Å². The lowest BCUT2D eigenvalue weighted by Gasteiger charge is -2.05. The third-order valence-electron chi connectivity index (χ3n) is 2.21. The molecule has 0 unspecified atom stereocenters. The van der Waals surface area contributed by atoms with Crippen LogP contribution in [0, 0.1) is 15.9 Å². The Hall–Kier alpha value is -2.43. The van der Waals surface area contributed by atoms with Crippen LogP contribution >= 0.6 is 0 Å². The van der Waals surface area contributed by atoms with E-state index in [-0.39, 0.29) is 11.5 Å². The van der Waals surface area contributed by atoms with Gasteiger partial charge < -0.3 is 5.32 Å². The molecule has 0 aromatic heterocycles. The summed E-state index contributed by atoms with van der Waals surface area (Å²) in [6.07, 6.45) is 0. The highest BCUT2D eigenvalue weighted by atomic mass is 19.1. The molecule has 86 valence electrons. The van der Waals surface area contributed by atoms with Crippen LogP contribution in [0.2, 0.25) is 0 Å². The van der Waals surface area contributed by atoms with Crippen molar-refractivity contribution in [2.24, 2.45) is 0 Å². The number of nitrogens with zero attached hydrogens (tertiary/aromatic N) is 1. The molecule has 2 rings (SSSR count). The van der Waals surface area contributed by atoms with Gasteiger partial charge in [0.15, 0.2) is 0 Å². The van der Waals surface area contributed by atoms with Crippen molar-refractivity contribution in [3.05, 3.63) is 64.5 Å². The summed E-state index contributed by atoms with van der Waals surface area (Å²) in [6, 6.07) is 11.9. The molecule has 0 amide bonds. The fourth-order valence-corrected chi connectivity index (χ4v) is 1.37. The van der Waals surface area contributed by atoms with Gasteiger partial charge in [-0.1, -0.05) is 0 Å². The summed E-state index contributed by atoms with van der Waals surface area (Å²) in [5, 5.41) is 13.5. The first kappa shape index (κ1) is 11.1. The number of non-ortho nitro benzene ring substituents is 1. The van der Waals surface area contributed by atoms with E-state index in [9.17, 15) is 14.5 Å². The number of nitro groups is 1. The van der Waals surface area contributed by atoms with Gasteiger partial charge in [-0.15, -0.1) is 0 Å². The molecule has 5 heteroatoms. The Morgan fingerprint density at radius 2 is 1.41 bits per heavy atom. The number of rotatable bonds is 3. The molecule has 2 aromatic carbocycles. The minimum Gasteiger partial charge on any atom is -0.356 e. The summed E-state index contributed by atoms with van der Waals surface area (Å²) in [6.45, 7) is 0. The molecule has 0 aliphatic carbocycles. The average molecular weight is 232 g/mol. The summed E-state index contributed by atoms with van der Waals surface area (Å²) in [5.74, 6) is -0.306. The molecular formula is C12H9FN2O2. The first-order valence-corrected chi connectivity index (χ1v) is 4.92. The fourth-order valence-electron chi connectivity index (χ4n) is 1.37. The highest BCUT2D eigenvalue weighted by molar-refractivity contribution is 5.60. The number of anilines is 2. The Morgan fingerprint density at radius 1 is 0.941 bits per heavy atom. The quantitative estimate of drug-likeness (QED) is 0.651. The Labute approximate surface area is 96.9 Å². The van der Waals surface area contributed by atoms with Crippen molar-refractivity contribution >= 4 is 17.1 Å². The van der Waals surface area contributed by atoms with E-state index in [0.717, 1.165) is 5.69 Å². The maximum Gasteiger partial charge on any atom is 0.269 e. The molecule has 0 saturated carbocycles. The molecule has 0 spiro atoms. The standard InChI is InChI=1S/C12H9FN2O2/c13-9-1-3-10(4-2-9)14-11-5-7-12(8-6-11)15(16)17/h1-8,14H. The van der Waals surface area contributed by atoms with E-state index in [4.69, 9.17) is 0 Å². The predicted molar refractivity (Wildman–Crippen MR) is 62.8 cm³/mol. The molecule has 2 aromatic rings. The first-order valence-electron chi connectivity index (χ1n) is 4.92. The Morgan fingerprint density at radius 3 is 1.88 bits per heavy atom. The van der Waals surface area contributed by atoms with Crippen LogP contribution in [0.5, 0.6) is 0 Å². The lowest BCUT2D eigenvalue weighted by atomic mass is 10.2. The average Bonchev–Trinajstić information content (AvgIpc) is 2.33. The lowest BCUT2D eigenvalue weighted by molar-refractivity contribution is -0.384. The van der Waals surface area contributed by atoms with Crippen LogP contribution in [0.4, 0.5) is 21.5 Å². The van der Waals surface area contributed by atoms with Crippen molar-refractivity contribution in [3.63, 3.8) is 0 Å². The molecule has 0 heterocycles. The number of hydrogen-bond donors (Lipinski definition) is 1. The van der Waals surface area contributed by atoms with Gasteiger partial charge in [-0.2, -0.15) is 0 Å². The van der Waals surface area contributed by atoms with Crippen molar-refractivity contribution in [2.75, 3.05) is 5.32 Å². The minimum atomic E-state index is -0.457. The second-order valence-corrected chi connectivity index (χ2v) is 3.44. The van der Waals surface area contributed by atoms with Gasteiger partial charge in [-0.05, 0) is 36.4 Å². The third-order valence-corrected chi connectivity index (χ3v) is 2.21. The van der Waals surface area contributed by atoms with Gasteiger partial charge in [-0.25, -0.2) is 4.39 Å². The molecule has 17 heavy (non-hydrogen) atoms. The van der Waals surface area contributed by atoms with E-state index < -0.39 is 4.92 Å². The van der Waals surface area contributed by atoms with Crippen LogP contribution in [-0.2, 0) is 0 Å². The zero-order valence-corrected chi connectivity index (χ0v) is 8.76. The van der Waals surface area contributed by atoms with Gasteiger partial charge in [0.05, 0.1) is 4.92 Å². The highest BCUT2D eigenvalue weighted by Crippen LogP contribution is 2.19. The van der Waals surface area contributed by atoms with Crippen LogP contribution in [0.1, 0.15) is 0 Å². The second kappa shape index (κ2) is 4.61. The summed E-state index contributed by atoms with van der Waals surface area (Å²) < 4.78 is 12.7. The van der Waals surface area contributed by atoms with E-state index in [2.05, 4.69) is 5.32 Å². The molecule has 1 N–H and O–H groups in total. The zero-order valence-electron chi connectivity index (χ0n) is 8.76. The van der Waals surface area contributed by atoms with Gasteiger partial charge >= 0.3 is 0 Å². The van der Waals surface area contributed by atoms with Crippen molar-refractivity contribution in [3.8, 4) is 0 Å². The molecule has 4 nitrogen and oxygen atoms in total. The van der Waals surface area contributed by atoms with Crippen LogP contribution in [0.3, 0.4) is 0 Å². The van der Waals surface area contributed by atoms with Crippen LogP contribution in [0.25, 0.3) is 0 Å². The van der Waals surface area contributed by atoms with Gasteiger partial charge in [0.1, 0.15) is 5.82 Å². The first-order chi connectivity index (χ1) is 8.15. The molecule has 0 bridgehead atoms. The van der Waals surface area contributed by atoms with Crippen molar-refractivity contribution in [1.29, 1.82) is 0 Å². The predicted octanol–water partition coefficient (Wildman–Crippen LogP) is 3.48. The molecule has 0 fully saturated rings. The Balaban J connectivity index is 2.13. The molecule has 0 aliphatic heterocycles. The van der Waals surface area contributed by atoms with Crippen LogP contribution < -0.4 is 5.32 Å². The maximum atomic E-state index is 12.7. The van der Waals surface area contributed by atoms with Crippen LogP contribution in [0.15, 0.2) is 48.5 Å². The number of halogens is 1. The summed E-state index contributed by atoms with van der Waals surface area (Å²) >= 11 is 0. The fraction of sp³-hybridized carbons (Fsp3) is 0. The van der Waals surface area contributed by atoms with Gasteiger partial charge in [0.2, 0.25) is 0 Å². The molecule has 0 radical (unpaired) electrons. The summed E-state index contributed by atoms with van der Waals surface area (Å²) in [4.78, 5) is 9.99. The maximum absolute atomic E-state index is 12.7. The van der Waals surface area contributed by atoms with E-state index in [1.165, 1.54) is 24.3 Å². The molecule has 0 atom stereocenters. The van der Waals surface area contributed by atoms with Gasteiger partial charge in [0.25, 0.3) is 5.69 Å².